The molecule has 1 amide bonds. The van der Waals surface area contributed by atoms with Crippen LogP contribution in [-0.4, -0.2) is 45.7 Å². The number of ketones is 1. The average Bonchev–Trinajstić information content (AvgIpc) is 2.84. The number of hydrogen-bond acceptors (Lipinski definition) is 7. The van der Waals surface area contributed by atoms with Crippen molar-refractivity contribution in [2.75, 3.05) is 24.1 Å². The third kappa shape index (κ3) is 5.03. The van der Waals surface area contributed by atoms with Crippen molar-refractivity contribution < 1.29 is 18.7 Å². The second-order valence-electron chi connectivity index (χ2n) is 7.84. The highest BCUT2D eigenvalue weighted by Crippen LogP contribution is 2.28. The molecule has 1 fully saturated rings. The highest BCUT2D eigenvalue weighted by Gasteiger charge is 2.27. The fraction of sp³-hybridized carbons (Fsp3) is 0.200. The Kier molecular flexibility index (Phi) is 6.82. The molecule has 3 N–H and O–H groups in total. The zero-order valence-electron chi connectivity index (χ0n) is 18.4. The standard InChI is InChI=1S/C25H24FN5O3/c1-2-21(32)31-12-6-7-16(14-31)30-25-22(24(27)28-15-29-25)23(33)19-11-10-18(13-20(19)26)34-17-8-4-3-5-9-17/h2-5,8-11,13,15-16H,1,6-7,12,14H2,(H3,27,28,29,30)/t16-/m1/s1. The Morgan fingerprint density at radius 3 is 2.71 bits per heavy atom. The molecule has 3 aromatic rings. The molecule has 8 nitrogen and oxygen atoms in total. The fourth-order valence-corrected chi connectivity index (χ4v) is 3.85. The first-order valence-corrected chi connectivity index (χ1v) is 10.8. The quantitative estimate of drug-likeness (QED) is 0.407. The van der Waals surface area contributed by atoms with Crippen molar-refractivity contribution in [2.45, 2.75) is 18.9 Å². The van der Waals surface area contributed by atoms with Gasteiger partial charge in [0.15, 0.2) is 0 Å². The molecule has 4 rings (SSSR count). The number of ether oxygens (including phenoxy) is 1. The van der Waals surface area contributed by atoms with Crippen molar-refractivity contribution in [3.05, 3.63) is 84.5 Å². The SMILES string of the molecule is C=CC(=O)N1CCC[C@@H](Nc2ncnc(N)c2C(=O)c2ccc(Oc3ccccc3)cc2F)C1. The summed E-state index contributed by atoms with van der Waals surface area (Å²) in [6.45, 7) is 4.57. The van der Waals surface area contributed by atoms with Crippen molar-refractivity contribution in [1.82, 2.24) is 14.9 Å². The molecule has 2 heterocycles. The number of para-hydroxylation sites is 1. The molecule has 0 radical (unpaired) electrons. The maximum atomic E-state index is 14.9. The van der Waals surface area contributed by atoms with Gasteiger partial charge in [-0.1, -0.05) is 24.8 Å². The molecule has 1 saturated heterocycles. The maximum Gasteiger partial charge on any atom is 0.246 e. The minimum atomic E-state index is -0.756. The summed E-state index contributed by atoms with van der Waals surface area (Å²) in [6.07, 6.45) is 4.04. The lowest BCUT2D eigenvalue weighted by molar-refractivity contribution is -0.127. The lowest BCUT2D eigenvalue weighted by Gasteiger charge is -2.33. The van der Waals surface area contributed by atoms with Crippen molar-refractivity contribution in [3.63, 3.8) is 0 Å². The molecule has 174 valence electrons. The largest absolute Gasteiger partial charge is 0.457 e. The van der Waals surface area contributed by atoms with Crippen LogP contribution in [0.2, 0.25) is 0 Å². The maximum absolute atomic E-state index is 14.9. The van der Waals surface area contributed by atoms with Gasteiger partial charge in [-0.05, 0) is 43.2 Å². The van der Waals surface area contributed by atoms with E-state index in [-0.39, 0.29) is 40.5 Å². The first-order chi connectivity index (χ1) is 16.5. The zero-order valence-corrected chi connectivity index (χ0v) is 18.4. The van der Waals surface area contributed by atoms with E-state index in [1.54, 1.807) is 29.2 Å². The van der Waals surface area contributed by atoms with Crippen molar-refractivity contribution in [2.24, 2.45) is 0 Å². The first-order valence-electron chi connectivity index (χ1n) is 10.8. The molecule has 2 aromatic carbocycles. The monoisotopic (exact) mass is 461 g/mol. The molecular weight excluding hydrogens is 437 g/mol. The van der Waals surface area contributed by atoms with Gasteiger partial charge in [0.2, 0.25) is 11.7 Å². The van der Waals surface area contributed by atoms with Crippen molar-refractivity contribution in [1.29, 1.82) is 0 Å². The number of carbonyl (C=O) groups excluding carboxylic acids is 2. The number of likely N-dealkylation sites (tertiary alicyclic amines) is 1. The minimum Gasteiger partial charge on any atom is -0.457 e. The number of hydrogen-bond donors (Lipinski definition) is 2. The van der Waals surface area contributed by atoms with Crippen LogP contribution in [0, 0.1) is 5.82 Å². The molecule has 0 unspecified atom stereocenters. The lowest BCUT2D eigenvalue weighted by Crippen LogP contribution is -2.44. The van der Waals surface area contributed by atoms with Crippen LogP contribution in [0.3, 0.4) is 0 Å². The summed E-state index contributed by atoms with van der Waals surface area (Å²) in [5.74, 6) is -0.646. The summed E-state index contributed by atoms with van der Waals surface area (Å²) >= 11 is 0. The number of amides is 1. The van der Waals surface area contributed by atoms with Crippen LogP contribution in [0.4, 0.5) is 16.0 Å². The van der Waals surface area contributed by atoms with Crippen LogP contribution in [0.25, 0.3) is 0 Å². The van der Waals surface area contributed by atoms with Gasteiger partial charge in [0.1, 0.15) is 40.8 Å². The Labute approximate surface area is 196 Å². The van der Waals surface area contributed by atoms with Gasteiger partial charge in [0, 0.05) is 25.2 Å². The average molecular weight is 461 g/mol. The second-order valence-corrected chi connectivity index (χ2v) is 7.84. The van der Waals surface area contributed by atoms with E-state index in [1.807, 2.05) is 6.07 Å². The topological polar surface area (TPSA) is 110 Å². The van der Waals surface area contributed by atoms with Crippen LogP contribution >= 0.6 is 0 Å². The summed E-state index contributed by atoms with van der Waals surface area (Å²) < 4.78 is 20.6. The third-order valence-electron chi connectivity index (χ3n) is 5.52. The first kappa shape index (κ1) is 22.9. The van der Waals surface area contributed by atoms with Gasteiger partial charge in [0.25, 0.3) is 0 Å². The minimum absolute atomic E-state index is 0.0229. The Morgan fingerprint density at radius 1 is 1.18 bits per heavy atom. The van der Waals surface area contributed by atoms with Gasteiger partial charge in [-0.15, -0.1) is 0 Å². The molecule has 0 bridgehead atoms. The van der Waals surface area contributed by atoms with Crippen LogP contribution in [0.1, 0.15) is 28.8 Å². The summed E-state index contributed by atoms with van der Waals surface area (Å²) in [5.41, 5.74) is 5.80. The normalized spacial score (nSPS) is 15.4. The molecule has 0 spiro atoms. The second kappa shape index (κ2) is 10.1. The van der Waals surface area contributed by atoms with Gasteiger partial charge >= 0.3 is 0 Å². The molecule has 1 atom stereocenters. The zero-order chi connectivity index (χ0) is 24.1. The highest BCUT2D eigenvalue weighted by molar-refractivity contribution is 6.14. The molecule has 0 aliphatic carbocycles. The Bertz CT molecular complexity index is 1220. The summed E-state index contributed by atoms with van der Waals surface area (Å²) in [6, 6.07) is 12.8. The number of nitrogens with two attached hydrogens (primary N) is 1. The highest BCUT2D eigenvalue weighted by atomic mass is 19.1. The van der Waals surface area contributed by atoms with E-state index < -0.39 is 11.6 Å². The van der Waals surface area contributed by atoms with Crippen LogP contribution < -0.4 is 15.8 Å². The number of halogens is 1. The van der Waals surface area contributed by atoms with E-state index in [1.165, 1.54) is 24.5 Å². The lowest BCUT2D eigenvalue weighted by atomic mass is 10.0. The van der Waals surface area contributed by atoms with Gasteiger partial charge in [-0.3, -0.25) is 9.59 Å². The number of benzene rings is 2. The smallest absolute Gasteiger partial charge is 0.246 e. The van der Waals surface area contributed by atoms with Crippen LogP contribution in [-0.2, 0) is 4.79 Å². The molecular formula is C25H24FN5O3. The number of piperidine rings is 1. The van der Waals surface area contributed by atoms with E-state index in [9.17, 15) is 14.0 Å². The van der Waals surface area contributed by atoms with Crippen LogP contribution in [0.5, 0.6) is 11.5 Å². The predicted octanol–water partition coefficient (Wildman–Crippen LogP) is 3.81. The van der Waals surface area contributed by atoms with Gasteiger partial charge in [-0.25, -0.2) is 14.4 Å². The Morgan fingerprint density at radius 2 is 1.97 bits per heavy atom. The predicted molar refractivity (Wildman–Crippen MR) is 126 cm³/mol. The Hall–Kier alpha value is -4.27. The number of aromatic nitrogens is 2. The number of nitrogen functional groups attached to an aromatic ring is 1. The molecule has 1 aliphatic rings. The number of nitrogens with zero attached hydrogens (tertiary/aromatic N) is 3. The van der Waals surface area contributed by atoms with Crippen molar-refractivity contribution >= 4 is 23.3 Å². The summed E-state index contributed by atoms with van der Waals surface area (Å²) in [5, 5.41) is 3.19. The van der Waals surface area contributed by atoms with E-state index in [2.05, 4.69) is 21.9 Å². The van der Waals surface area contributed by atoms with E-state index in [0.29, 0.717) is 18.8 Å². The molecule has 1 aliphatic heterocycles. The number of carbonyl (C=O) groups is 2. The summed E-state index contributed by atoms with van der Waals surface area (Å²) in [7, 11) is 0. The molecule has 34 heavy (non-hydrogen) atoms. The number of nitrogens with one attached hydrogen (secondary N) is 1. The molecule has 1 aromatic heterocycles. The van der Waals surface area contributed by atoms with E-state index in [4.69, 9.17) is 10.5 Å². The van der Waals surface area contributed by atoms with E-state index >= 15 is 0 Å². The van der Waals surface area contributed by atoms with Gasteiger partial charge < -0.3 is 20.7 Å². The number of anilines is 2. The van der Waals surface area contributed by atoms with Crippen LogP contribution in [0.15, 0.2) is 67.5 Å². The fourth-order valence-electron chi connectivity index (χ4n) is 3.85. The summed E-state index contributed by atoms with van der Waals surface area (Å²) in [4.78, 5) is 35.0. The van der Waals surface area contributed by atoms with Gasteiger partial charge in [0.05, 0.1) is 5.56 Å². The van der Waals surface area contributed by atoms with Gasteiger partial charge in [-0.2, -0.15) is 0 Å². The molecule has 0 saturated carbocycles. The van der Waals surface area contributed by atoms with Crippen molar-refractivity contribution in [3.8, 4) is 11.5 Å². The Balaban J connectivity index is 1.57. The van der Waals surface area contributed by atoms with E-state index in [0.717, 1.165) is 18.9 Å². The molecule has 9 heteroatoms. The third-order valence-corrected chi connectivity index (χ3v) is 5.52. The number of rotatable bonds is 7.